The molecule has 0 unspecified atom stereocenters. The lowest BCUT2D eigenvalue weighted by Crippen LogP contribution is -2.51. The van der Waals surface area contributed by atoms with Gasteiger partial charge in [0.2, 0.25) is 5.91 Å². The second-order valence-corrected chi connectivity index (χ2v) is 3.73. The normalized spacial score (nSPS) is 19.8. The van der Waals surface area contributed by atoms with Crippen molar-refractivity contribution in [3.05, 3.63) is 35.9 Å². The number of hydrogen-bond donors (Lipinski definition) is 2. The molecule has 0 radical (unpaired) electrons. The lowest BCUT2D eigenvalue weighted by molar-refractivity contribution is -0.121. The van der Waals surface area contributed by atoms with Crippen LogP contribution in [0.15, 0.2) is 35.5 Å². The Hall–Kier alpha value is -1.88. The molecule has 0 aromatic heterocycles. The molecule has 1 aliphatic heterocycles. The van der Waals surface area contributed by atoms with Crippen molar-refractivity contribution in [1.82, 2.24) is 10.2 Å². The molecule has 5 nitrogen and oxygen atoms in total. The van der Waals surface area contributed by atoms with Crippen LogP contribution in [-0.4, -0.2) is 34.9 Å². The van der Waals surface area contributed by atoms with Crippen molar-refractivity contribution in [1.29, 1.82) is 0 Å². The molecule has 84 valence electrons. The summed E-state index contributed by atoms with van der Waals surface area (Å²) in [6, 6.07) is 9.87. The quantitative estimate of drug-likeness (QED) is 0.559. The van der Waals surface area contributed by atoms with Gasteiger partial charge in [-0.05, 0) is 5.56 Å². The Kier molecular flexibility index (Phi) is 3.16. The van der Waals surface area contributed by atoms with Crippen LogP contribution in [0, 0.1) is 0 Å². The van der Waals surface area contributed by atoms with Gasteiger partial charge in [-0.1, -0.05) is 35.5 Å². The fourth-order valence-corrected chi connectivity index (χ4v) is 1.72. The van der Waals surface area contributed by atoms with Crippen LogP contribution in [0.5, 0.6) is 0 Å². The summed E-state index contributed by atoms with van der Waals surface area (Å²) in [7, 11) is 0. The van der Waals surface area contributed by atoms with Crippen LogP contribution < -0.4 is 5.32 Å². The lowest BCUT2D eigenvalue weighted by Gasteiger charge is -2.26. The van der Waals surface area contributed by atoms with Crippen LogP contribution in [0.25, 0.3) is 0 Å². The highest BCUT2D eigenvalue weighted by molar-refractivity contribution is 6.01. The van der Waals surface area contributed by atoms with Gasteiger partial charge in [0.05, 0.1) is 13.1 Å². The van der Waals surface area contributed by atoms with E-state index >= 15 is 0 Å². The number of nitrogens with one attached hydrogen (secondary N) is 1. The Morgan fingerprint density at radius 1 is 1.31 bits per heavy atom. The molecule has 1 heterocycles. The molecule has 0 atom stereocenters. The maximum absolute atomic E-state index is 11.3. The molecule has 0 saturated carbocycles. The van der Waals surface area contributed by atoms with E-state index in [1.165, 1.54) is 0 Å². The zero-order valence-corrected chi connectivity index (χ0v) is 8.76. The molecule has 1 amide bonds. The predicted octanol–water partition coefficient (Wildman–Crippen LogP) is 0.406. The van der Waals surface area contributed by atoms with Crippen molar-refractivity contribution in [3.63, 3.8) is 0 Å². The number of rotatable bonds is 2. The van der Waals surface area contributed by atoms with E-state index in [4.69, 9.17) is 5.21 Å². The third-order valence-electron chi connectivity index (χ3n) is 2.39. The van der Waals surface area contributed by atoms with Crippen molar-refractivity contribution >= 4 is 11.7 Å². The second kappa shape index (κ2) is 4.76. The van der Waals surface area contributed by atoms with Crippen LogP contribution in [-0.2, 0) is 11.3 Å². The molecular formula is C11H13N3O2. The van der Waals surface area contributed by atoms with Crippen LogP contribution in [0.1, 0.15) is 5.56 Å². The number of carbonyl (C=O) groups excluding carboxylic acids is 1. The molecular weight excluding hydrogens is 206 g/mol. The van der Waals surface area contributed by atoms with Gasteiger partial charge < -0.3 is 10.5 Å². The van der Waals surface area contributed by atoms with Gasteiger partial charge in [-0.25, -0.2) is 0 Å². The highest BCUT2D eigenvalue weighted by Gasteiger charge is 2.21. The average molecular weight is 219 g/mol. The van der Waals surface area contributed by atoms with Gasteiger partial charge in [-0.2, -0.15) is 0 Å². The van der Waals surface area contributed by atoms with Gasteiger partial charge >= 0.3 is 0 Å². The molecule has 0 aliphatic carbocycles. The number of amidine groups is 1. The molecule has 2 N–H and O–H groups in total. The summed E-state index contributed by atoms with van der Waals surface area (Å²) in [4.78, 5) is 13.2. The van der Waals surface area contributed by atoms with Crippen LogP contribution in [0.4, 0.5) is 0 Å². The van der Waals surface area contributed by atoms with Gasteiger partial charge in [0, 0.05) is 6.54 Å². The summed E-state index contributed by atoms with van der Waals surface area (Å²) in [5, 5.41) is 14.2. The molecule has 5 heteroatoms. The summed E-state index contributed by atoms with van der Waals surface area (Å²) in [5.41, 5.74) is 1.13. The zero-order chi connectivity index (χ0) is 11.4. The van der Waals surface area contributed by atoms with Crippen molar-refractivity contribution in [2.45, 2.75) is 6.54 Å². The molecule has 1 aromatic rings. The molecule has 2 rings (SSSR count). The Balaban J connectivity index is 2.02. The fraction of sp³-hybridized carbons (Fsp3) is 0.273. The Bertz CT molecular complexity index is 403. The standard InChI is InChI=1S/C11H13N3O2/c15-11-8-14(7-10(12-11)13-16)6-9-4-2-1-3-5-9/h1-5,16H,6-8H2,(H,12,13,15). The van der Waals surface area contributed by atoms with Gasteiger partial charge in [0.25, 0.3) is 0 Å². The molecule has 16 heavy (non-hydrogen) atoms. The third-order valence-corrected chi connectivity index (χ3v) is 2.39. The molecule has 1 saturated heterocycles. The first kappa shape index (κ1) is 10.6. The van der Waals surface area contributed by atoms with E-state index in [0.717, 1.165) is 5.56 Å². The fourth-order valence-electron chi connectivity index (χ4n) is 1.72. The minimum Gasteiger partial charge on any atom is -0.409 e. The molecule has 0 bridgehead atoms. The highest BCUT2D eigenvalue weighted by atomic mass is 16.4. The summed E-state index contributed by atoms with van der Waals surface area (Å²) in [6.07, 6.45) is 0. The zero-order valence-electron chi connectivity index (χ0n) is 8.76. The maximum atomic E-state index is 11.3. The summed E-state index contributed by atoms with van der Waals surface area (Å²) >= 11 is 0. The summed E-state index contributed by atoms with van der Waals surface area (Å²) < 4.78 is 0. The number of benzene rings is 1. The van der Waals surface area contributed by atoms with Gasteiger partial charge in [0.1, 0.15) is 0 Å². The second-order valence-electron chi connectivity index (χ2n) is 3.73. The Morgan fingerprint density at radius 2 is 2.06 bits per heavy atom. The van der Waals surface area contributed by atoms with Gasteiger partial charge in [-0.15, -0.1) is 0 Å². The minimum atomic E-state index is -0.144. The molecule has 1 aliphatic rings. The number of amides is 1. The van der Waals surface area contributed by atoms with E-state index in [9.17, 15) is 4.79 Å². The average Bonchev–Trinajstić information content (AvgIpc) is 2.29. The number of carbonyl (C=O) groups is 1. The number of piperazine rings is 1. The third kappa shape index (κ3) is 2.58. The number of nitrogens with zero attached hydrogens (tertiary/aromatic N) is 2. The monoisotopic (exact) mass is 219 g/mol. The SMILES string of the molecule is O=C1CN(Cc2ccccc2)C/C(=N/O)N1. The van der Waals surface area contributed by atoms with E-state index in [2.05, 4.69) is 10.5 Å². The van der Waals surface area contributed by atoms with Crippen molar-refractivity contribution in [3.8, 4) is 0 Å². The van der Waals surface area contributed by atoms with E-state index in [1.807, 2.05) is 35.2 Å². The maximum Gasteiger partial charge on any atom is 0.239 e. The first-order chi connectivity index (χ1) is 7.78. The largest absolute Gasteiger partial charge is 0.409 e. The smallest absolute Gasteiger partial charge is 0.239 e. The van der Waals surface area contributed by atoms with Crippen molar-refractivity contribution < 1.29 is 10.0 Å². The highest BCUT2D eigenvalue weighted by Crippen LogP contribution is 2.05. The van der Waals surface area contributed by atoms with E-state index in [1.54, 1.807) is 0 Å². The Labute approximate surface area is 93.4 Å². The minimum absolute atomic E-state index is 0.144. The van der Waals surface area contributed by atoms with Crippen LogP contribution in [0.3, 0.4) is 0 Å². The molecule has 1 aromatic carbocycles. The van der Waals surface area contributed by atoms with Crippen LogP contribution in [0.2, 0.25) is 0 Å². The van der Waals surface area contributed by atoms with Crippen LogP contribution >= 0.6 is 0 Å². The number of oxime groups is 1. The van der Waals surface area contributed by atoms with Crippen molar-refractivity contribution in [2.24, 2.45) is 5.16 Å². The van der Waals surface area contributed by atoms with Gasteiger partial charge in [-0.3, -0.25) is 9.69 Å². The first-order valence-electron chi connectivity index (χ1n) is 5.05. The Morgan fingerprint density at radius 3 is 2.75 bits per heavy atom. The van der Waals surface area contributed by atoms with E-state index in [-0.39, 0.29) is 5.91 Å². The lowest BCUT2D eigenvalue weighted by atomic mass is 10.2. The summed E-state index contributed by atoms with van der Waals surface area (Å²) in [5.74, 6) is 0.155. The summed E-state index contributed by atoms with van der Waals surface area (Å²) in [6.45, 7) is 1.46. The predicted molar refractivity (Wildman–Crippen MR) is 59.1 cm³/mol. The van der Waals surface area contributed by atoms with Gasteiger partial charge in [0.15, 0.2) is 5.84 Å². The molecule has 0 spiro atoms. The molecule has 1 fully saturated rings. The van der Waals surface area contributed by atoms with Crippen molar-refractivity contribution in [2.75, 3.05) is 13.1 Å². The first-order valence-corrected chi connectivity index (χ1v) is 5.05. The van der Waals surface area contributed by atoms with E-state index in [0.29, 0.717) is 25.5 Å². The number of hydrogen-bond acceptors (Lipinski definition) is 4. The van der Waals surface area contributed by atoms with E-state index < -0.39 is 0 Å². The topological polar surface area (TPSA) is 64.9 Å².